The van der Waals surface area contributed by atoms with Crippen LogP contribution in [0, 0.1) is 5.41 Å². The number of aliphatic hydroxyl groups is 1. The Labute approximate surface area is 175 Å². The first-order valence-electron chi connectivity index (χ1n) is 10.5. The molecule has 0 spiro atoms. The van der Waals surface area contributed by atoms with E-state index in [1.54, 1.807) is 18.6 Å². The highest BCUT2D eigenvalue weighted by Crippen LogP contribution is 2.44. The number of rotatable bonds is 7. The molecule has 1 aliphatic carbocycles. The number of aliphatic carboxylic acids is 1. The number of amides is 1. The molecule has 4 rings (SSSR count). The van der Waals surface area contributed by atoms with Crippen molar-refractivity contribution in [2.45, 2.75) is 50.5 Å². The lowest BCUT2D eigenvalue weighted by Crippen LogP contribution is -2.46. The molecule has 0 radical (unpaired) electrons. The molecule has 2 aromatic rings. The van der Waals surface area contributed by atoms with Crippen molar-refractivity contribution in [3.05, 3.63) is 30.7 Å². The minimum Gasteiger partial charge on any atom is -0.481 e. The van der Waals surface area contributed by atoms with Crippen LogP contribution in [0.2, 0.25) is 0 Å². The number of carbonyl (C=O) groups excluding carboxylic acids is 1. The Morgan fingerprint density at radius 3 is 2.70 bits per heavy atom. The summed E-state index contributed by atoms with van der Waals surface area (Å²) in [7, 11) is 0. The molecule has 1 saturated heterocycles. The van der Waals surface area contributed by atoms with Crippen LogP contribution in [-0.4, -0.2) is 57.3 Å². The molecule has 2 fully saturated rings. The van der Waals surface area contributed by atoms with Crippen molar-refractivity contribution in [2.75, 3.05) is 24.5 Å². The highest BCUT2D eigenvalue weighted by Gasteiger charge is 2.40. The van der Waals surface area contributed by atoms with Gasteiger partial charge in [0.25, 0.3) is 0 Å². The van der Waals surface area contributed by atoms with E-state index in [-0.39, 0.29) is 25.3 Å². The van der Waals surface area contributed by atoms with E-state index < -0.39 is 17.0 Å². The first-order chi connectivity index (χ1) is 14.4. The van der Waals surface area contributed by atoms with Gasteiger partial charge in [-0.1, -0.05) is 12.8 Å². The third-order valence-corrected chi connectivity index (χ3v) is 6.53. The second kappa shape index (κ2) is 8.18. The fraction of sp³-hybridized carbons (Fsp3) is 0.545. The third kappa shape index (κ3) is 4.38. The zero-order valence-corrected chi connectivity index (χ0v) is 17.0. The molecule has 0 aromatic carbocycles. The van der Waals surface area contributed by atoms with Gasteiger partial charge in [-0.25, -0.2) is 0 Å². The summed E-state index contributed by atoms with van der Waals surface area (Å²) in [6.07, 6.45) is 9.49. The van der Waals surface area contributed by atoms with E-state index in [9.17, 15) is 19.8 Å². The minimum absolute atomic E-state index is 0.0294. The monoisotopic (exact) mass is 412 g/mol. The standard InChI is InChI=1S/C22H28N4O4/c27-19(11-21(12-20(28)29)5-1-2-6-21)25-14-22(30)7-10-26(15-22)18-4-9-24-17-3-8-23-13-16(17)18/h3-4,8-9,13,30H,1-2,5-7,10-12,14-15H2,(H,25,27)(H,28,29)/t22-/m0/s1. The van der Waals surface area contributed by atoms with Crippen LogP contribution in [0.4, 0.5) is 5.69 Å². The molecule has 3 heterocycles. The van der Waals surface area contributed by atoms with Crippen molar-refractivity contribution in [3.63, 3.8) is 0 Å². The minimum atomic E-state index is -1.02. The van der Waals surface area contributed by atoms with E-state index in [0.717, 1.165) is 42.3 Å². The Bertz CT molecular complexity index is 938. The van der Waals surface area contributed by atoms with Gasteiger partial charge in [0.2, 0.25) is 5.91 Å². The average Bonchev–Trinajstić information content (AvgIpc) is 3.33. The molecule has 30 heavy (non-hydrogen) atoms. The summed E-state index contributed by atoms with van der Waals surface area (Å²) >= 11 is 0. The van der Waals surface area contributed by atoms with Crippen LogP contribution in [0.3, 0.4) is 0 Å². The lowest BCUT2D eigenvalue weighted by molar-refractivity contribution is -0.140. The predicted molar refractivity (Wildman–Crippen MR) is 112 cm³/mol. The van der Waals surface area contributed by atoms with Gasteiger partial charge in [-0.05, 0) is 36.8 Å². The lowest BCUT2D eigenvalue weighted by Gasteiger charge is -2.28. The van der Waals surface area contributed by atoms with Gasteiger partial charge in [-0.2, -0.15) is 0 Å². The summed E-state index contributed by atoms with van der Waals surface area (Å²) in [6, 6.07) is 3.78. The van der Waals surface area contributed by atoms with E-state index in [4.69, 9.17) is 0 Å². The number of nitrogens with zero attached hydrogens (tertiary/aromatic N) is 3. The topological polar surface area (TPSA) is 116 Å². The van der Waals surface area contributed by atoms with Crippen molar-refractivity contribution >= 4 is 28.5 Å². The van der Waals surface area contributed by atoms with Crippen LogP contribution in [0.25, 0.3) is 10.9 Å². The van der Waals surface area contributed by atoms with Gasteiger partial charge in [-0.3, -0.25) is 19.6 Å². The molecule has 1 amide bonds. The van der Waals surface area contributed by atoms with Gasteiger partial charge in [0.05, 0.1) is 11.9 Å². The number of fused-ring (bicyclic) bond motifs is 1. The number of hydrogen-bond acceptors (Lipinski definition) is 6. The molecule has 0 unspecified atom stereocenters. The smallest absolute Gasteiger partial charge is 0.303 e. The molecule has 1 atom stereocenters. The highest BCUT2D eigenvalue weighted by molar-refractivity contribution is 5.90. The Balaban J connectivity index is 1.37. The van der Waals surface area contributed by atoms with Crippen molar-refractivity contribution in [1.29, 1.82) is 0 Å². The number of pyridine rings is 2. The normalized spacial score (nSPS) is 23.0. The first kappa shape index (κ1) is 20.5. The molecular weight excluding hydrogens is 384 g/mol. The van der Waals surface area contributed by atoms with Gasteiger partial charge in [0.1, 0.15) is 5.60 Å². The van der Waals surface area contributed by atoms with E-state index in [2.05, 4.69) is 20.2 Å². The Morgan fingerprint density at radius 1 is 1.13 bits per heavy atom. The lowest BCUT2D eigenvalue weighted by atomic mass is 9.79. The summed E-state index contributed by atoms with van der Waals surface area (Å²) in [6.45, 7) is 1.23. The maximum Gasteiger partial charge on any atom is 0.303 e. The van der Waals surface area contributed by atoms with E-state index >= 15 is 0 Å². The summed E-state index contributed by atoms with van der Waals surface area (Å²) in [5.74, 6) is -1.03. The molecule has 2 aromatic heterocycles. The number of nitrogens with one attached hydrogen (secondary N) is 1. The first-order valence-corrected chi connectivity index (χ1v) is 10.5. The Morgan fingerprint density at radius 2 is 1.93 bits per heavy atom. The zero-order valence-electron chi connectivity index (χ0n) is 17.0. The molecule has 1 saturated carbocycles. The predicted octanol–water partition coefficient (Wildman–Crippen LogP) is 2.11. The summed E-state index contributed by atoms with van der Waals surface area (Å²) in [4.78, 5) is 34.4. The fourth-order valence-corrected chi connectivity index (χ4v) is 4.99. The van der Waals surface area contributed by atoms with Gasteiger partial charge < -0.3 is 20.4 Å². The number of aromatic nitrogens is 2. The van der Waals surface area contributed by atoms with Crippen LogP contribution in [0.15, 0.2) is 30.7 Å². The van der Waals surface area contributed by atoms with E-state index in [1.807, 2.05) is 12.1 Å². The number of β-amino-alcohol motifs (C(OH)–C–C–N with tert-alkyl or cyclic N) is 1. The molecule has 1 aliphatic heterocycles. The summed E-state index contributed by atoms with van der Waals surface area (Å²) in [5, 5.41) is 24.1. The molecule has 160 valence electrons. The molecule has 0 bridgehead atoms. The second-order valence-electron chi connectivity index (χ2n) is 8.85. The fourth-order valence-electron chi connectivity index (χ4n) is 4.99. The average molecular weight is 412 g/mol. The van der Waals surface area contributed by atoms with Crippen LogP contribution >= 0.6 is 0 Å². The van der Waals surface area contributed by atoms with Gasteiger partial charge in [-0.15, -0.1) is 0 Å². The number of hydrogen-bond donors (Lipinski definition) is 3. The number of carboxylic acids is 1. The summed E-state index contributed by atoms with van der Waals surface area (Å²) < 4.78 is 0. The SMILES string of the molecule is O=C(O)CC1(CC(=O)NC[C@@]2(O)CCN(c3ccnc4ccncc34)C2)CCCC1. The van der Waals surface area contributed by atoms with Crippen LogP contribution in [0.5, 0.6) is 0 Å². The zero-order chi connectivity index (χ0) is 21.2. The van der Waals surface area contributed by atoms with E-state index in [1.165, 1.54) is 0 Å². The number of anilines is 1. The van der Waals surface area contributed by atoms with Gasteiger partial charge in [0.15, 0.2) is 0 Å². The molecule has 2 aliphatic rings. The second-order valence-corrected chi connectivity index (χ2v) is 8.85. The molecular formula is C22H28N4O4. The third-order valence-electron chi connectivity index (χ3n) is 6.53. The molecule has 8 heteroatoms. The van der Waals surface area contributed by atoms with Crippen molar-refractivity contribution in [1.82, 2.24) is 15.3 Å². The van der Waals surface area contributed by atoms with Gasteiger partial charge >= 0.3 is 5.97 Å². The van der Waals surface area contributed by atoms with Gasteiger partial charge in [0, 0.05) is 55.7 Å². The Hall–Kier alpha value is -2.74. The Kier molecular flexibility index (Phi) is 5.60. The maximum absolute atomic E-state index is 12.6. The highest BCUT2D eigenvalue weighted by atomic mass is 16.4. The van der Waals surface area contributed by atoms with Crippen molar-refractivity contribution in [3.8, 4) is 0 Å². The molecule has 3 N–H and O–H groups in total. The van der Waals surface area contributed by atoms with Crippen molar-refractivity contribution < 1.29 is 19.8 Å². The maximum atomic E-state index is 12.6. The quantitative estimate of drug-likeness (QED) is 0.638. The van der Waals surface area contributed by atoms with Crippen LogP contribution in [0.1, 0.15) is 44.9 Å². The molecule has 8 nitrogen and oxygen atoms in total. The summed E-state index contributed by atoms with van der Waals surface area (Å²) in [5.41, 5.74) is 0.361. The van der Waals surface area contributed by atoms with Crippen LogP contribution < -0.4 is 10.2 Å². The number of carboxylic acid groups (broad SMARTS) is 1. The van der Waals surface area contributed by atoms with Crippen LogP contribution in [-0.2, 0) is 9.59 Å². The number of carbonyl (C=O) groups is 2. The van der Waals surface area contributed by atoms with Crippen molar-refractivity contribution in [2.24, 2.45) is 5.41 Å². The van der Waals surface area contributed by atoms with E-state index in [0.29, 0.717) is 19.5 Å². The largest absolute Gasteiger partial charge is 0.481 e.